The zero-order chi connectivity index (χ0) is 13.8. The average molecular weight is 286 g/mol. The van der Waals surface area contributed by atoms with E-state index in [1.807, 2.05) is 0 Å². The number of thioether (sulfide) groups is 1. The Balaban J connectivity index is 2.68. The third kappa shape index (κ3) is 4.93. The summed E-state index contributed by atoms with van der Waals surface area (Å²) in [5, 5.41) is 8.55. The number of hydrogen-bond donors (Lipinski definition) is 1. The lowest BCUT2D eigenvalue weighted by molar-refractivity contribution is -0.131. The standard InChI is InChI=1S/C12H14O4S2/c1-9(7-12(13)14)8-17-10-3-5-11(6-4-10)18(2,15)16/h3-7H,8H2,1-2H3,(H,13,14)/b9-7+. The number of sulfone groups is 1. The minimum atomic E-state index is -3.17. The monoisotopic (exact) mass is 286 g/mol. The van der Waals surface area contributed by atoms with Gasteiger partial charge in [0.1, 0.15) is 0 Å². The number of carboxylic acid groups (broad SMARTS) is 1. The third-order valence-corrected chi connectivity index (χ3v) is 4.42. The van der Waals surface area contributed by atoms with Gasteiger partial charge in [-0.3, -0.25) is 0 Å². The number of aliphatic carboxylic acids is 1. The lowest BCUT2D eigenvalue weighted by Gasteiger charge is -2.03. The van der Waals surface area contributed by atoms with E-state index in [2.05, 4.69) is 0 Å². The molecule has 0 bridgehead atoms. The predicted molar refractivity (Wildman–Crippen MR) is 71.7 cm³/mol. The van der Waals surface area contributed by atoms with Gasteiger partial charge in [0.15, 0.2) is 9.84 Å². The molecule has 4 nitrogen and oxygen atoms in total. The van der Waals surface area contributed by atoms with E-state index in [1.165, 1.54) is 11.8 Å². The van der Waals surface area contributed by atoms with E-state index >= 15 is 0 Å². The zero-order valence-corrected chi connectivity index (χ0v) is 11.7. The summed E-state index contributed by atoms with van der Waals surface area (Å²) < 4.78 is 22.5. The number of benzene rings is 1. The molecule has 0 heterocycles. The van der Waals surface area contributed by atoms with Crippen molar-refractivity contribution < 1.29 is 18.3 Å². The van der Waals surface area contributed by atoms with Gasteiger partial charge in [-0.25, -0.2) is 13.2 Å². The Kier molecular flexibility index (Phi) is 4.98. The minimum Gasteiger partial charge on any atom is -0.478 e. The Morgan fingerprint density at radius 3 is 2.33 bits per heavy atom. The molecule has 1 aromatic carbocycles. The van der Waals surface area contributed by atoms with Crippen molar-refractivity contribution in [1.29, 1.82) is 0 Å². The summed E-state index contributed by atoms with van der Waals surface area (Å²) >= 11 is 1.46. The first-order valence-electron chi connectivity index (χ1n) is 5.12. The van der Waals surface area contributed by atoms with Gasteiger partial charge in [0.05, 0.1) is 4.90 Å². The van der Waals surface area contributed by atoms with Crippen LogP contribution in [-0.2, 0) is 14.6 Å². The molecule has 0 aliphatic carbocycles. The van der Waals surface area contributed by atoms with Crippen LogP contribution in [0.4, 0.5) is 0 Å². The Labute approximate surface area is 111 Å². The molecule has 0 unspecified atom stereocenters. The predicted octanol–water partition coefficient (Wildman–Crippen LogP) is 2.21. The second-order valence-electron chi connectivity index (χ2n) is 3.86. The smallest absolute Gasteiger partial charge is 0.328 e. The van der Waals surface area contributed by atoms with Gasteiger partial charge >= 0.3 is 5.97 Å². The van der Waals surface area contributed by atoms with Crippen LogP contribution in [0.1, 0.15) is 6.92 Å². The van der Waals surface area contributed by atoms with Crippen molar-refractivity contribution in [2.45, 2.75) is 16.7 Å². The molecular formula is C12H14O4S2. The normalized spacial score (nSPS) is 12.4. The summed E-state index contributed by atoms with van der Waals surface area (Å²) in [6, 6.07) is 6.53. The lowest BCUT2D eigenvalue weighted by Crippen LogP contribution is -1.96. The van der Waals surface area contributed by atoms with Crippen molar-refractivity contribution in [3.05, 3.63) is 35.9 Å². The molecule has 0 aliphatic heterocycles. The molecule has 18 heavy (non-hydrogen) atoms. The minimum absolute atomic E-state index is 0.282. The molecular weight excluding hydrogens is 272 g/mol. The van der Waals surface area contributed by atoms with Crippen LogP contribution >= 0.6 is 11.8 Å². The van der Waals surface area contributed by atoms with Crippen molar-refractivity contribution in [1.82, 2.24) is 0 Å². The van der Waals surface area contributed by atoms with Crippen molar-refractivity contribution in [2.75, 3.05) is 12.0 Å². The number of carboxylic acids is 1. The number of rotatable bonds is 5. The summed E-state index contributed by atoms with van der Waals surface area (Å²) in [7, 11) is -3.17. The quantitative estimate of drug-likeness (QED) is 0.663. The van der Waals surface area contributed by atoms with Gasteiger partial charge in [-0.1, -0.05) is 5.57 Å². The van der Waals surface area contributed by atoms with Gasteiger partial charge in [0.25, 0.3) is 0 Å². The van der Waals surface area contributed by atoms with Crippen LogP contribution < -0.4 is 0 Å². The summed E-state index contributed by atoms with van der Waals surface area (Å²) in [6.07, 6.45) is 2.33. The fraction of sp³-hybridized carbons (Fsp3) is 0.250. The molecule has 0 aromatic heterocycles. The van der Waals surface area contributed by atoms with Crippen LogP contribution in [0, 0.1) is 0 Å². The van der Waals surface area contributed by atoms with E-state index < -0.39 is 15.8 Å². The molecule has 0 saturated carbocycles. The molecule has 1 aromatic rings. The van der Waals surface area contributed by atoms with E-state index in [0.29, 0.717) is 5.75 Å². The van der Waals surface area contributed by atoms with Crippen molar-refractivity contribution in [3.63, 3.8) is 0 Å². The van der Waals surface area contributed by atoms with Gasteiger partial charge < -0.3 is 5.11 Å². The van der Waals surface area contributed by atoms with Crippen molar-refractivity contribution >= 4 is 27.6 Å². The topological polar surface area (TPSA) is 71.4 Å². The Hall–Kier alpha value is -1.27. The highest BCUT2D eigenvalue weighted by atomic mass is 32.2. The summed E-state index contributed by atoms with van der Waals surface area (Å²) in [6.45, 7) is 1.74. The SMILES string of the molecule is C/C(=C\C(=O)O)CSc1ccc(S(C)(=O)=O)cc1. The molecule has 0 saturated heterocycles. The molecule has 1 rings (SSSR count). The summed E-state index contributed by atoms with van der Waals surface area (Å²) in [5.41, 5.74) is 0.750. The van der Waals surface area contributed by atoms with Crippen molar-refractivity contribution in [2.24, 2.45) is 0 Å². The second kappa shape index (κ2) is 6.06. The van der Waals surface area contributed by atoms with Gasteiger partial charge in [0, 0.05) is 23.0 Å². The first-order chi connectivity index (χ1) is 8.29. The Morgan fingerprint density at radius 2 is 1.89 bits per heavy atom. The highest BCUT2D eigenvalue weighted by Crippen LogP contribution is 2.22. The van der Waals surface area contributed by atoms with E-state index in [-0.39, 0.29) is 4.90 Å². The number of carbonyl (C=O) groups is 1. The largest absolute Gasteiger partial charge is 0.478 e. The lowest BCUT2D eigenvalue weighted by atomic mass is 10.3. The maximum absolute atomic E-state index is 11.3. The van der Waals surface area contributed by atoms with E-state index in [9.17, 15) is 13.2 Å². The first kappa shape index (κ1) is 14.8. The van der Waals surface area contributed by atoms with Gasteiger partial charge in [-0.2, -0.15) is 0 Å². The average Bonchev–Trinajstić information content (AvgIpc) is 2.25. The first-order valence-corrected chi connectivity index (χ1v) is 8.00. The van der Waals surface area contributed by atoms with Crippen LogP contribution in [0.3, 0.4) is 0 Å². The van der Waals surface area contributed by atoms with Crippen LogP contribution in [0.2, 0.25) is 0 Å². The molecule has 6 heteroatoms. The third-order valence-electron chi connectivity index (χ3n) is 2.09. The Bertz CT molecular complexity index is 556. The molecule has 1 N–H and O–H groups in total. The van der Waals surface area contributed by atoms with Gasteiger partial charge in [-0.15, -0.1) is 11.8 Å². The molecule has 0 spiro atoms. The number of hydrogen-bond acceptors (Lipinski definition) is 4. The van der Waals surface area contributed by atoms with Crippen LogP contribution in [0.15, 0.2) is 45.7 Å². The van der Waals surface area contributed by atoms with Gasteiger partial charge in [-0.05, 0) is 31.2 Å². The van der Waals surface area contributed by atoms with Crippen LogP contribution in [0.5, 0.6) is 0 Å². The van der Waals surface area contributed by atoms with Crippen molar-refractivity contribution in [3.8, 4) is 0 Å². The van der Waals surface area contributed by atoms with Crippen LogP contribution in [-0.4, -0.2) is 31.5 Å². The highest BCUT2D eigenvalue weighted by Gasteiger charge is 2.06. The second-order valence-corrected chi connectivity index (χ2v) is 6.93. The molecule has 0 amide bonds. The fourth-order valence-electron chi connectivity index (χ4n) is 1.23. The fourth-order valence-corrected chi connectivity index (χ4v) is 2.67. The zero-order valence-electron chi connectivity index (χ0n) is 10.1. The molecule has 0 atom stereocenters. The summed E-state index contributed by atoms with van der Waals surface area (Å²) in [5.74, 6) is -0.398. The highest BCUT2D eigenvalue weighted by molar-refractivity contribution is 7.99. The van der Waals surface area contributed by atoms with Gasteiger partial charge in [0.2, 0.25) is 0 Å². The molecule has 0 fully saturated rings. The molecule has 0 aliphatic rings. The van der Waals surface area contributed by atoms with E-state index in [4.69, 9.17) is 5.11 Å². The maximum Gasteiger partial charge on any atom is 0.328 e. The maximum atomic E-state index is 11.3. The Morgan fingerprint density at radius 1 is 1.33 bits per heavy atom. The molecule has 0 radical (unpaired) electrons. The van der Waals surface area contributed by atoms with E-state index in [0.717, 1.165) is 22.8 Å². The molecule has 98 valence electrons. The van der Waals surface area contributed by atoms with Crippen LogP contribution in [0.25, 0.3) is 0 Å². The van der Waals surface area contributed by atoms with E-state index in [1.54, 1.807) is 31.2 Å². The summed E-state index contributed by atoms with van der Waals surface area (Å²) in [4.78, 5) is 11.6.